The molecule has 51 heavy (non-hydrogen) atoms. The van der Waals surface area contributed by atoms with Gasteiger partial charge in [0, 0.05) is 46.3 Å². The lowest BCUT2D eigenvalue weighted by molar-refractivity contribution is 0.585. The van der Waals surface area contributed by atoms with Gasteiger partial charge in [-0.1, -0.05) is 118 Å². The van der Waals surface area contributed by atoms with E-state index in [9.17, 15) is 0 Å². The van der Waals surface area contributed by atoms with Gasteiger partial charge in [0.15, 0.2) is 0 Å². The van der Waals surface area contributed by atoms with Gasteiger partial charge in [0.2, 0.25) is 0 Å². The minimum Gasteiger partial charge on any atom is -0.372 e. The summed E-state index contributed by atoms with van der Waals surface area (Å²) in [4.78, 5) is 4.84. The highest BCUT2D eigenvalue weighted by atomic mass is 15.2. The summed E-state index contributed by atoms with van der Waals surface area (Å²) < 4.78 is 0. The lowest BCUT2D eigenvalue weighted by Crippen LogP contribution is -2.40. The lowest BCUT2D eigenvalue weighted by Gasteiger charge is -2.43. The first-order valence-electron chi connectivity index (χ1n) is 17.9. The maximum absolute atomic E-state index is 4.10. The van der Waals surface area contributed by atoms with E-state index in [4.69, 9.17) is 0 Å². The van der Waals surface area contributed by atoms with Crippen LogP contribution >= 0.6 is 0 Å². The Bertz CT molecular complexity index is 2070. The summed E-state index contributed by atoms with van der Waals surface area (Å²) in [6, 6.07) is 53.4. The van der Waals surface area contributed by atoms with Crippen molar-refractivity contribution in [1.29, 1.82) is 0 Å². The van der Waals surface area contributed by atoms with Crippen LogP contribution in [0.25, 0.3) is 0 Å². The van der Waals surface area contributed by atoms with E-state index in [2.05, 4.69) is 214 Å². The van der Waals surface area contributed by atoms with Crippen molar-refractivity contribution in [1.82, 2.24) is 0 Å². The zero-order valence-corrected chi connectivity index (χ0v) is 30.6. The van der Waals surface area contributed by atoms with Crippen LogP contribution in [0.2, 0.25) is 0 Å². The third-order valence-corrected chi connectivity index (χ3v) is 9.87. The Balaban J connectivity index is 1.52. The molecule has 0 aliphatic heterocycles. The number of benzene rings is 6. The number of aryl methyl sites for hydroxylation is 6. The average molecular weight is 666 g/mol. The number of anilines is 5. The van der Waals surface area contributed by atoms with Crippen LogP contribution < -0.4 is 15.1 Å². The molecule has 0 aromatic heterocycles. The largest absolute Gasteiger partial charge is 0.372 e. The van der Waals surface area contributed by atoms with Gasteiger partial charge in [-0.3, -0.25) is 0 Å². The zero-order valence-electron chi connectivity index (χ0n) is 30.6. The van der Waals surface area contributed by atoms with E-state index < -0.39 is 5.54 Å². The van der Waals surface area contributed by atoms with Crippen molar-refractivity contribution in [2.45, 2.75) is 53.5 Å². The first kappa shape index (κ1) is 33.7. The van der Waals surface area contributed by atoms with Crippen LogP contribution in [0.5, 0.6) is 0 Å². The third kappa shape index (κ3) is 7.39. The molecule has 1 atom stereocenters. The molecule has 3 nitrogen and oxygen atoms in total. The Hall–Kier alpha value is -5.80. The second-order valence-corrected chi connectivity index (χ2v) is 14.2. The van der Waals surface area contributed by atoms with Gasteiger partial charge < -0.3 is 15.1 Å². The van der Waals surface area contributed by atoms with Crippen LogP contribution in [0.4, 0.5) is 28.4 Å². The second-order valence-electron chi connectivity index (χ2n) is 14.2. The van der Waals surface area contributed by atoms with Crippen LogP contribution in [0.15, 0.2) is 169 Å². The molecule has 0 saturated heterocycles. The molecule has 1 N–H and O–H groups in total. The minimum absolute atomic E-state index is 0.594. The van der Waals surface area contributed by atoms with Gasteiger partial charge in [-0.15, -0.1) is 0 Å². The Kier molecular flexibility index (Phi) is 9.38. The molecular weight excluding hydrogens is 619 g/mol. The highest BCUT2D eigenvalue weighted by Crippen LogP contribution is 2.46. The topological polar surface area (TPSA) is 18.5 Å². The van der Waals surface area contributed by atoms with E-state index in [1.807, 2.05) is 0 Å². The molecule has 0 amide bonds. The molecule has 0 spiro atoms. The summed E-state index contributed by atoms with van der Waals surface area (Å²) in [5.74, 6) is 0. The van der Waals surface area contributed by atoms with Crippen LogP contribution in [0.3, 0.4) is 0 Å². The first-order chi connectivity index (χ1) is 24.7. The monoisotopic (exact) mass is 665 g/mol. The number of hydrogen-bond acceptors (Lipinski definition) is 3. The van der Waals surface area contributed by atoms with Gasteiger partial charge in [0.25, 0.3) is 0 Å². The fraction of sp³-hybridized carbons (Fsp3) is 0.167. The molecule has 0 bridgehead atoms. The number of nitrogens with zero attached hydrogens (tertiary/aromatic N) is 2. The number of nitrogens with one attached hydrogen (secondary N) is 1. The van der Waals surface area contributed by atoms with Gasteiger partial charge in [0.05, 0.1) is 5.54 Å². The maximum atomic E-state index is 4.10. The Morgan fingerprint density at radius 3 is 1.14 bits per heavy atom. The zero-order chi connectivity index (χ0) is 35.5. The molecule has 1 unspecified atom stereocenters. The fourth-order valence-electron chi connectivity index (χ4n) is 6.91. The van der Waals surface area contributed by atoms with Gasteiger partial charge in [-0.25, -0.2) is 0 Å². The lowest BCUT2D eigenvalue weighted by atomic mass is 9.80. The molecule has 0 heterocycles. The van der Waals surface area contributed by atoms with E-state index >= 15 is 0 Å². The van der Waals surface area contributed by atoms with Crippen molar-refractivity contribution in [3.63, 3.8) is 0 Å². The van der Waals surface area contributed by atoms with Crippen molar-refractivity contribution in [2.75, 3.05) is 15.1 Å². The van der Waals surface area contributed by atoms with Crippen molar-refractivity contribution in [3.05, 3.63) is 208 Å². The summed E-state index contributed by atoms with van der Waals surface area (Å²) in [5, 5.41) is 4.10. The molecule has 6 aromatic carbocycles. The Morgan fingerprint density at radius 1 is 0.412 bits per heavy atom. The second kappa shape index (κ2) is 14.2. The van der Waals surface area contributed by atoms with Gasteiger partial charge in [0.1, 0.15) is 0 Å². The Labute approximate surface area is 304 Å². The summed E-state index contributed by atoms with van der Waals surface area (Å²) in [6.07, 6.45) is 5.55. The predicted octanol–water partition coefficient (Wildman–Crippen LogP) is 12.7. The van der Waals surface area contributed by atoms with E-state index in [-0.39, 0.29) is 0 Å². The summed E-state index contributed by atoms with van der Waals surface area (Å²) in [5.41, 5.74) is 15.9. The molecular formula is C48H47N3. The molecule has 6 aromatic rings. The maximum Gasteiger partial charge on any atom is 0.0887 e. The Morgan fingerprint density at radius 2 is 0.745 bits per heavy atom. The van der Waals surface area contributed by atoms with Gasteiger partial charge in [-0.05, 0) is 120 Å². The molecule has 1 aliphatic rings. The smallest absolute Gasteiger partial charge is 0.0887 e. The summed E-state index contributed by atoms with van der Waals surface area (Å²) in [6.45, 7) is 12.9. The predicted molar refractivity (Wildman–Crippen MR) is 217 cm³/mol. The number of hydrogen-bond donors (Lipinski definition) is 1. The normalized spacial score (nSPS) is 15.5. The van der Waals surface area contributed by atoms with Gasteiger partial charge in [-0.2, -0.15) is 0 Å². The molecule has 0 saturated carbocycles. The van der Waals surface area contributed by atoms with Crippen LogP contribution in [0.1, 0.15) is 45.4 Å². The van der Waals surface area contributed by atoms with Crippen molar-refractivity contribution in [2.24, 2.45) is 0 Å². The van der Waals surface area contributed by atoms with Crippen molar-refractivity contribution < 1.29 is 0 Å². The van der Waals surface area contributed by atoms with Crippen LogP contribution in [0, 0.1) is 41.5 Å². The summed E-state index contributed by atoms with van der Waals surface area (Å²) in [7, 11) is 0. The van der Waals surface area contributed by atoms with E-state index in [1.54, 1.807) is 0 Å². The SMILES string of the molecule is Cc1ccc(NC2(c3ccc(C)cc3)C=C(N(c3ccc(C)cc3)c3ccc(C)cc3)C=C(N(c3ccc(C)cc3)c3ccc(C)cc3)C2)cc1. The van der Waals surface area contributed by atoms with E-state index in [0.29, 0.717) is 6.42 Å². The highest BCUT2D eigenvalue weighted by Gasteiger charge is 2.38. The third-order valence-electron chi connectivity index (χ3n) is 9.87. The van der Waals surface area contributed by atoms with E-state index in [0.717, 1.165) is 34.1 Å². The molecule has 3 heteroatoms. The van der Waals surface area contributed by atoms with Crippen LogP contribution in [-0.4, -0.2) is 0 Å². The van der Waals surface area contributed by atoms with Crippen LogP contribution in [-0.2, 0) is 5.54 Å². The molecule has 0 radical (unpaired) electrons. The molecule has 0 fully saturated rings. The fourth-order valence-corrected chi connectivity index (χ4v) is 6.91. The first-order valence-corrected chi connectivity index (χ1v) is 17.9. The average Bonchev–Trinajstić information content (AvgIpc) is 3.13. The molecule has 7 rings (SSSR count). The molecule has 1 aliphatic carbocycles. The highest BCUT2D eigenvalue weighted by molar-refractivity contribution is 5.76. The number of allylic oxidation sites excluding steroid dienone is 1. The summed E-state index contributed by atoms with van der Waals surface area (Å²) >= 11 is 0. The van der Waals surface area contributed by atoms with Crippen molar-refractivity contribution >= 4 is 28.4 Å². The van der Waals surface area contributed by atoms with E-state index in [1.165, 1.54) is 44.6 Å². The minimum atomic E-state index is -0.594. The van der Waals surface area contributed by atoms with Gasteiger partial charge >= 0.3 is 0 Å². The van der Waals surface area contributed by atoms with Crippen molar-refractivity contribution in [3.8, 4) is 0 Å². The number of rotatable bonds is 9. The standard InChI is InChI=1S/C48H47N3/c1-34-7-19-40(20-8-34)48(49-41-21-9-35(2)10-22-41)32-46(50(42-23-11-36(3)12-24-42)43-25-13-37(4)14-26-43)31-47(33-48)51(44-27-15-38(5)16-28-44)45-29-17-39(6)18-30-45/h7-32,49H,33H2,1-6H3. The quantitative estimate of drug-likeness (QED) is 0.166. The molecule has 254 valence electrons.